The topological polar surface area (TPSA) is 9.72 Å². The fourth-order valence-corrected chi connectivity index (χ4v) is 5.30. The summed E-state index contributed by atoms with van der Waals surface area (Å²) >= 11 is 18.9. The number of halogens is 3. The van der Waals surface area contributed by atoms with Crippen LogP contribution in [-0.4, -0.2) is 55.6 Å². The Morgan fingerprint density at radius 2 is 1.47 bits per heavy atom. The highest BCUT2D eigenvalue weighted by atomic mass is 35.5. The fourth-order valence-electron chi connectivity index (χ4n) is 4.74. The number of anilines is 1. The fraction of sp³-hybridized carbons (Fsp3) is 0.500. The molecular weight excluding hydrogens is 437 g/mol. The van der Waals surface area contributed by atoms with Crippen molar-refractivity contribution in [2.75, 3.05) is 50.7 Å². The number of likely N-dealkylation sites (tertiary alicyclic amines) is 1. The van der Waals surface area contributed by atoms with Gasteiger partial charge >= 0.3 is 0 Å². The molecule has 2 aromatic rings. The maximum Gasteiger partial charge on any atom is 0.0639 e. The van der Waals surface area contributed by atoms with Crippen LogP contribution in [0.25, 0.3) is 0 Å². The predicted octanol–water partition coefficient (Wildman–Crippen LogP) is 6.39. The van der Waals surface area contributed by atoms with Crippen LogP contribution in [0, 0.1) is 0 Å². The van der Waals surface area contributed by atoms with Gasteiger partial charge < -0.3 is 4.90 Å². The van der Waals surface area contributed by atoms with Crippen LogP contribution in [0.2, 0.25) is 15.1 Å². The van der Waals surface area contributed by atoms with Gasteiger partial charge in [0.15, 0.2) is 0 Å². The standard InChI is InChI=1S/C24H30Cl3N3/c25-20-9-8-19(18-22(20)27)23(29-11-4-1-5-12-29)10-13-28-14-16-30(17-15-28)24-7-3-2-6-21(24)26/h2-3,6-9,18,23H,1,4-5,10-17H2. The second-order valence-electron chi connectivity index (χ2n) is 8.35. The Hall–Kier alpha value is -0.970. The Balaban J connectivity index is 1.38. The highest BCUT2D eigenvalue weighted by Crippen LogP contribution is 2.32. The van der Waals surface area contributed by atoms with E-state index >= 15 is 0 Å². The van der Waals surface area contributed by atoms with Crippen LogP contribution in [0.1, 0.15) is 37.3 Å². The first kappa shape index (κ1) is 22.2. The average Bonchev–Trinajstić information content (AvgIpc) is 2.78. The van der Waals surface area contributed by atoms with E-state index in [0.717, 1.165) is 49.9 Å². The van der Waals surface area contributed by atoms with Gasteiger partial charge in [0, 0.05) is 38.8 Å². The number of hydrogen-bond acceptors (Lipinski definition) is 3. The number of piperidine rings is 1. The van der Waals surface area contributed by atoms with Crippen molar-refractivity contribution < 1.29 is 0 Å². The summed E-state index contributed by atoms with van der Waals surface area (Å²) in [6, 6.07) is 14.7. The van der Waals surface area contributed by atoms with Gasteiger partial charge in [0.05, 0.1) is 20.8 Å². The van der Waals surface area contributed by atoms with Crippen molar-refractivity contribution in [2.45, 2.75) is 31.7 Å². The van der Waals surface area contributed by atoms with Gasteiger partial charge in [0.25, 0.3) is 0 Å². The van der Waals surface area contributed by atoms with Crippen LogP contribution in [0.3, 0.4) is 0 Å². The first-order valence-electron chi connectivity index (χ1n) is 11.0. The van der Waals surface area contributed by atoms with E-state index in [0.29, 0.717) is 16.1 Å². The van der Waals surface area contributed by atoms with Gasteiger partial charge in [-0.2, -0.15) is 0 Å². The summed E-state index contributed by atoms with van der Waals surface area (Å²) in [6.45, 7) is 7.61. The molecule has 2 fully saturated rings. The van der Waals surface area contributed by atoms with Crippen LogP contribution in [-0.2, 0) is 0 Å². The summed E-state index contributed by atoms with van der Waals surface area (Å²) in [5.41, 5.74) is 2.45. The van der Waals surface area contributed by atoms with Crippen LogP contribution >= 0.6 is 34.8 Å². The molecule has 0 N–H and O–H groups in total. The normalized spacial score (nSPS) is 19.8. The van der Waals surface area contributed by atoms with Crippen molar-refractivity contribution in [3.8, 4) is 0 Å². The highest BCUT2D eigenvalue weighted by molar-refractivity contribution is 6.42. The molecule has 0 aliphatic carbocycles. The Labute approximate surface area is 195 Å². The predicted molar refractivity (Wildman–Crippen MR) is 129 cm³/mol. The monoisotopic (exact) mass is 465 g/mol. The smallest absolute Gasteiger partial charge is 0.0639 e. The third kappa shape index (κ3) is 5.44. The minimum atomic E-state index is 0.404. The van der Waals surface area contributed by atoms with E-state index in [9.17, 15) is 0 Å². The van der Waals surface area contributed by atoms with Crippen molar-refractivity contribution in [2.24, 2.45) is 0 Å². The first-order chi connectivity index (χ1) is 14.6. The van der Waals surface area contributed by atoms with E-state index in [1.54, 1.807) is 0 Å². The van der Waals surface area contributed by atoms with Crippen molar-refractivity contribution in [1.29, 1.82) is 0 Å². The number of rotatable bonds is 6. The Kier molecular flexibility index (Phi) is 7.83. The molecule has 2 aromatic carbocycles. The average molecular weight is 467 g/mol. The van der Waals surface area contributed by atoms with Gasteiger partial charge in [-0.25, -0.2) is 0 Å². The van der Waals surface area contributed by atoms with E-state index < -0.39 is 0 Å². The first-order valence-corrected chi connectivity index (χ1v) is 12.2. The number of para-hydroxylation sites is 1. The second-order valence-corrected chi connectivity index (χ2v) is 9.58. The molecule has 0 spiro atoms. The van der Waals surface area contributed by atoms with Gasteiger partial charge in [0.1, 0.15) is 0 Å². The van der Waals surface area contributed by atoms with Gasteiger partial charge in [-0.05, 0) is 62.2 Å². The lowest BCUT2D eigenvalue weighted by Crippen LogP contribution is -2.47. The van der Waals surface area contributed by atoms with Crippen LogP contribution in [0.4, 0.5) is 5.69 Å². The molecule has 6 heteroatoms. The molecule has 1 unspecified atom stereocenters. The maximum absolute atomic E-state index is 6.39. The summed E-state index contributed by atoms with van der Waals surface area (Å²) in [5, 5.41) is 2.13. The molecule has 0 aromatic heterocycles. The van der Waals surface area contributed by atoms with E-state index in [4.69, 9.17) is 34.8 Å². The number of benzene rings is 2. The zero-order valence-electron chi connectivity index (χ0n) is 17.4. The molecule has 2 saturated heterocycles. The SMILES string of the molecule is Clc1ccc(C(CCN2CCN(c3ccccc3Cl)CC2)N2CCCCC2)cc1Cl. The number of hydrogen-bond donors (Lipinski definition) is 0. The van der Waals surface area contributed by atoms with Crippen molar-refractivity contribution in [3.05, 3.63) is 63.1 Å². The van der Waals surface area contributed by atoms with Gasteiger partial charge in [0.2, 0.25) is 0 Å². The molecule has 162 valence electrons. The van der Waals surface area contributed by atoms with Crippen molar-refractivity contribution in [3.63, 3.8) is 0 Å². The van der Waals surface area contributed by atoms with Crippen LogP contribution in [0.5, 0.6) is 0 Å². The Bertz CT molecular complexity index is 830. The second kappa shape index (κ2) is 10.6. The number of nitrogens with zero attached hydrogens (tertiary/aromatic N) is 3. The molecule has 0 radical (unpaired) electrons. The van der Waals surface area contributed by atoms with E-state index in [1.807, 2.05) is 18.2 Å². The molecule has 4 rings (SSSR count). The molecule has 0 saturated carbocycles. The summed E-state index contributed by atoms with van der Waals surface area (Å²) in [5.74, 6) is 0. The molecule has 30 heavy (non-hydrogen) atoms. The lowest BCUT2D eigenvalue weighted by atomic mass is 9.98. The summed E-state index contributed by atoms with van der Waals surface area (Å²) in [6.07, 6.45) is 5.03. The van der Waals surface area contributed by atoms with E-state index in [2.05, 4.69) is 39.0 Å². The van der Waals surface area contributed by atoms with Gasteiger partial charge in [-0.15, -0.1) is 0 Å². The molecule has 1 atom stereocenters. The van der Waals surface area contributed by atoms with E-state index in [1.165, 1.54) is 37.9 Å². The van der Waals surface area contributed by atoms with Crippen LogP contribution in [0.15, 0.2) is 42.5 Å². The molecule has 2 heterocycles. The third-order valence-corrected chi connectivity index (χ3v) is 7.50. The molecule has 0 bridgehead atoms. The lowest BCUT2D eigenvalue weighted by Gasteiger charge is -2.39. The minimum absolute atomic E-state index is 0.404. The highest BCUT2D eigenvalue weighted by Gasteiger charge is 2.25. The Morgan fingerprint density at radius 3 is 2.17 bits per heavy atom. The van der Waals surface area contributed by atoms with Crippen molar-refractivity contribution >= 4 is 40.5 Å². The molecule has 0 amide bonds. The van der Waals surface area contributed by atoms with Gasteiger partial charge in [-0.1, -0.05) is 59.4 Å². The zero-order valence-corrected chi connectivity index (χ0v) is 19.6. The summed E-state index contributed by atoms with van der Waals surface area (Å²) in [7, 11) is 0. The summed E-state index contributed by atoms with van der Waals surface area (Å²) in [4.78, 5) is 7.63. The number of piperazine rings is 1. The lowest BCUT2D eigenvalue weighted by molar-refractivity contribution is 0.137. The molecule has 3 nitrogen and oxygen atoms in total. The molecule has 2 aliphatic rings. The quantitative estimate of drug-likeness (QED) is 0.488. The zero-order chi connectivity index (χ0) is 20.9. The molecule has 2 aliphatic heterocycles. The molecular formula is C24H30Cl3N3. The van der Waals surface area contributed by atoms with E-state index in [-0.39, 0.29) is 0 Å². The Morgan fingerprint density at radius 1 is 0.733 bits per heavy atom. The van der Waals surface area contributed by atoms with Crippen molar-refractivity contribution in [1.82, 2.24) is 9.80 Å². The maximum atomic E-state index is 6.39. The minimum Gasteiger partial charge on any atom is -0.368 e. The summed E-state index contributed by atoms with van der Waals surface area (Å²) < 4.78 is 0. The van der Waals surface area contributed by atoms with Gasteiger partial charge in [-0.3, -0.25) is 9.80 Å². The van der Waals surface area contributed by atoms with Crippen LogP contribution < -0.4 is 4.90 Å². The largest absolute Gasteiger partial charge is 0.368 e. The third-order valence-electron chi connectivity index (χ3n) is 6.44.